The van der Waals surface area contributed by atoms with E-state index >= 15 is 0 Å². The Bertz CT molecular complexity index is 519. The van der Waals surface area contributed by atoms with Crippen molar-refractivity contribution in [1.82, 2.24) is 0 Å². The topological polar surface area (TPSA) is 32.3 Å². The van der Waals surface area contributed by atoms with Crippen LogP contribution >= 0.6 is 0 Å². The first-order chi connectivity index (χ1) is 10.1. The highest BCUT2D eigenvalue weighted by Gasteiger charge is 2.32. The van der Waals surface area contributed by atoms with Crippen LogP contribution in [-0.2, 0) is 4.79 Å². The molecule has 0 aliphatic carbocycles. The monoisotopic (exact) mass is 296 g/mol. The molecule has 1 N–H and O–H groups in total. The minimum absolute atomic E-state index is 0.0625. The van der Waals surface area contributed by atoms with E-state index in [1.54, 1.807) is 4.90 Å². The predicted octanol–water partition coefficient (Wildman–Crippen LogP) is 4.08. The Morgan fingerprint density at radius 2 is 1.86 bits per heavy atom. The van der Waals surface area contributed by atoms with Gasteiger partial charge in [0.1, 0.15) is 6.04 Å². The van der Waals surface area contributed by atoms with E-state index in [1.807, 2.05) is 6.92 Å². The highest BCUT2D eigenvalue weighted by Crippen LogP contribution is 2.34. The van der Waals surface area contributed by atoms with Gasteiger partial charge in [0, 0.05) is 18.7 Å². The molecule has 0 fully saturated rings. The van der Waals surface area contributed by atoms with Crippen molar-refractivity contribution in [2.24, 2.45) is 0 Å². The van der Waals surface area contributed by atoms with E-state index in [0.29, 0.717) is 24.3 Å². The number of carbonyl (C=O) groups excluding carboxylic acids is 1. The van der Waals surface area contributed by atoms with Gasteiger partial charge < -0.3 is 10.2 Å². The number of anilines is 2. The summed E-state index contributed by atoms with van der Waals surface area (Å²) in [5.41, 5.74) is 0.941. The van der Waals surface area contributed by atoms with E-state index in [9.17, 15) is 13.6 Å². The minimum Gasteiger partial charge on any atom is -0.372 e. The number of carbonyl (C=O) groups is 1. The molecule has 1 heterocycles. The standard InChI is InChI=1S/C16H22F2N2O/c1-3-5-6-7-8-20-15-10-12(18)11(17)9-14(15)19-13(4-2)16(20)21/h9-10,13,19H,3-8H2,1-2H3. The Morgan fingerprint density at radius 3 is 2.52 bits per heavy atom. The van der Waals surface area contributed by atoms with Gasteiger partial charge in [-0.2, -0.15) is 0 Å². The van der Waals surface area contributed by atoms with Crippen LogP contribution in [0.15, 0.2) is 12.1 Å². The van der Waals surface area contributed by atoms with Crippen molar-refractivity contribution in [3.8, 4) is 0 Å². The molecule has 2 rings (SSSR count). The largest absolute Gasteiger partial charge is 0.372 e. The molecule has 3 nitrogen and oxygen atoms in total. The third-order valence-corrected chi connectivity index (χ3v) is 3.87. The van der Waals surface area contributed by atoms with Crippen LogP contribution in [0.2, 0.25) is 0 Å². The smallest absolute Gasteiger partial charge is 0.249 e. The van der Waals surface area contributed by atoms with Gasteiger partial charge in [0.2, 0.25) is 5.91 Å². The van der Waals surface area contributed by atoms with Gasteiger partial charge in [-0.3, -0.25) is 4.79 Å². The lowest BCUT2D eigenvalue weighted by Crippen LogP contribution is -2.47. The van der Waals surface area contributed by atoms with Gasteiger partial charge in [0.25, 0.3) is 0 Å². The first-order valence-corrected chi connectivity index (χ1v) is 7.65. The quantitative estimate of drug-likeness (QED) is 0.802. The summed E-state index contributed by atoms with van der Waals surface area (Å²) in [6.07, 6.45) is 4.74. The molecule has 1 atom stereocenters. The second-order valence-corrected chi connectivity index (χ2v) is 5.44. The van der Waals surface area contributed by atoms with Crippen molar-refractivity contribution in [2.75, 3.05) is 16.8 Å². The zero-order chi connectivity index (χ0) is 15.4. The number of unbranched alkanes of at least 4 members (excludes halogenated alkanes) is 3. The van der Waals surface area contributed by atoms with Crippen molar-refractivity contribution in [3.63, 3.8) is 0 Å². The number of amides is 1. The SMILES string of the molecule is CCCCCCN1C(=O)C(CC)Nc2cc(F)c(F)cc21. The summed E-state index contributed by atoms with van der Waals surface area (Å²) in [5, 5.41) is 3.00. The first-order valence-electron chi connectivity index (χ1n) is 7.65. The Morgan fingerprint density at radius 1 is 1.14 bits per heavy atom. The van der Waals surface area contributed by atoms with Gasteiger partial charge >= 0.3 is 0 Å². The van der Waals surface area contributed by atoms with Gasteiger partial charge in [-0.05, 0) is 12.8 Å². The molecule has 5 heteroatoms. The van der Waals surface area contributed by atoms with Gasteiger partial charge in [-0.1, -0.05) is 33.1 Å². The van der Waals surface area contributed by atoms with Gasteiger partial charge in [-0.15, -0.1) is 0 Å². The van der Waals surface area contributed by atoms with Crippen LogP contribution in [0.1, 0.15) is 46.0 Å². The highest BCUT2D eigenvalue weighted by atomic mass is 19.2. The predicted molar refractivity (Wildman–Crippen MR) is 80.6 cm³/mol. The molecule has 0 aromatic heterocycles. The summed E-state index contributed by atoms with van der Waals surface area (Å²) < 4.78 is 26.9. The summed E-state index contributed by atoms with van der Waals surface area (Å²) in [4.78, 5) is 14.0. The van der Waals surface area contributed by atoms with E-state index in [0.717, 1.165) is 37.8 Å². The van der Waals surface area contributed by atoms with Crippen LogP contribution in [0.4, 0.5) is 20.2 Å². The fourth-order valence-electron chi connectivity index (χ4n) is 2.64. The molecule has 0 saturated carbocycles. The number of hydrogen-bond acceptors (Lipinski definition) is 2. The van der Waals surface area contributed by atoms with E-state index in [-0.39, 0.29) is 11.9 Å². The molecule has 0 spiro atoms. The second kappa shape index (κ2) is 6.87. The molecular weight excluding hydrogens is 274 g/mol. The normalized spacial score (nSPS) is 17.6. The number of nitrogens with zero attached hydrogens (tertiary/aromatic N) is 1. The number of hydrogen-bond donors (Lipinski definition) is 1. The number of halogens is 2. The van der Waals surface area contributed by atoms with Crippen molar-refractivity contribution < 1.29 is 13.6 Å². The van der Waals surface area contributed by atoms with Crippen LogP contribution in [0, 0.1) is 11.6 Å². The average Bonchev–Trinajstić information content (AvgIpc) is 2.47. The Kier molecular flexibility index (Phi) is 5.15. The number of fused-ring (bicyclic) bond motifs is 1. The van der Waals surface area contributed by atoms with Gasteiger partial charge in [0.05, 0.1) is 11.4 Å². The number of rotatable bonds is 6. The molecule has 21 heavy (non-hydrogen) atoms. The van der Waals surface area contributed by atoms with Crippen LogP contribution in [-0.4, -0.2) is 18.5 Å². The molecule has 0 saturated heterocycles. The molecule has 116 valence electrons. The van der Waals surface area contributed by atoms with Crippen molar-refractivity contribution in [3.05, 3.63) is 23.8 Å². The Labute approximate surface area is 124 Å². The fraction of sp³-hybridized carbons (Fsp3) is 0.562. The average molecular weight is 296 g/mol. The van der Waals surface area contributed by atoms with Crippen LogP contribution in [0.25, 0.3) is 0 Å². The minimum atomic E-state index is -0.920. The molecule has 1 aliphatic heterocycles. The summed E-state index contributed by atoms with van der Waals surface area (Å²) in [6, 6.07) is 1.88. The molecule has 1 aliphatic rings. The van der Waals surface area contributed by atoms with Crippen molar-refractivity contribution in [1.29, 1.82) is 0 Å². The van der Waals surface area contributed by atoms with Crippen molar-refractivity contribution in [2.45, 2.75) is 52.0 Å². The third kappa shape index (κ3) is 3.34. The second-order valence-electron chi connectivity index (χ2n) is 5.44. The fourth-order valence-corrected chi connectivity index (χ4v) is 2.64. The molecule has 1 aromatic carbocycles. The molecule has 0 radical (unpaired) electrons. The maximum absolute atomic E-state index is 13.5. The van der Waals surface area contributed by atoms with Crippen LogP contribution in [0.5, 0.6) is 0 Å². The molecule has 1 unspecified atom stereocenters. The maximum atomic E-state index is 13.5. The summed E-state index contributed by atoms with van der Waals surface area (Å²) >= 11 is 0. The Balaban J connectivity index is 2.25. The number of benzene rings is 1. The lowest BCUT2D eigenvalue weighted by atomic mass is 10.1. The van der Waals surface area contributed by atoms with Crippen LogP contribution in [0.3, 0.4) is 0 Å². The van der Waals surface area contributed by atoms with E-state index in [2.05, 4.69) is 12.2 Å². The lowest BCUT2D eigenvalue weighted by Gasteiger charge is -2.35. The first kappa shape index (κ1) is 15.7. The molecule has 0 bridgehead atoms. The third-order valence-electron chi connectivity index (χ3n) is 3.87. The lowest BCUT2D eigenvalue weighted by molar-refractivity contribution is -0.119. The zero-order valence-corrected chi connectivity index (χ0v) is 12.6. The van der Waals surface area contributed by atoms with E-state index in [1.165, 1.54) is 0 Å². The zero-order valence-electron chi connectivity index (χ0n) is 12.6. The van der Waals surface area contributed by atoms with Gasteiger partial charge in [0.15, 0.2) is 11.6 Å². The van der Waals surface area contributed by atoms with Crippen LogP contribution < -0.4 is 10.2 Å². The summed E-state index contributed by atoms with van der Waals surface area (Å²) in [5.74, 6) is -1.87. The highest BCUT2D eigenvalue weighted by molar-refractivity contribution is 6.04. The van der Waals surface area contributed by atoms with Gasteiger partial charge in [-0.25, -0.2) is 8.78 Å². The molecular formula is C16H22F2N2O. The Hall–Kier alpha value is -1.65. The van der Waals surface area contributed by atoms with Crippen molar-refractivity contribution >= 4 is 17.3 Å². The van der Waals surface area contributed by atoms with E-state index in [4.69, 9.17) is 0 Å². The summed E-state index contributed by atoms with van der Waals surface area (Å²) in [6.45, 7) is 4.57. The maximum Gasteiger partial charge on any atom is 0.249 e. The summed E-state index contributed by atoms with van der Waals surface area (Å²) in [7, 11) is 0. The number of nitrogens with one attached hydrogen (secondary N) is 1. The molecule has 1 aromatic rings. The van der Waals surface area contributed by atoms with E-state index < -0.39 is 11.6 Å². The molecule has 1 amide bonds.